The minimum atomic E-state index is -0.515. The molecule has 1 heterocycles. The van der Waals surface area contributed by atoms with Crippen molar-refractivity contribution < 1.29 is 14.3 Å². The Hall–Kier alpha value is -1.92. The predicted molar refractivity (Wildman–Crippen MR) is 78.2 cm³/mol. The molecular weight excluding hydrogens is 270 g/mol. The first-order valence-corrected chi connectivity index (χ1v) is 7.27. The number of benzene rings is 1. The van der Waals surface area contributed by atoms with Gasteiger partial charge in [0.1, 0.15) is 6.10 Å². The number of amides is 2. The minimum Gasteiger partial charge on any atom is -0.366 e. The van der Waals surface area contributed by atoms with E-state index in [0.29, 0.717) is 24.4 Å². The number of ether oxygens (including phenoxy) is 1. The van der Waals surface area contributed by atoms with Crippen LogP contribution in [0.1, 0.15) is 23.2 Å². The third-order valence-corrected chi connectivity index (χ3v) is 3.56. The molecule has 1 saturated heterocycles. The lowest BCUT2D eigenvalue weighted by molar-refractivity contribution is -0.128. The van der Waals surface area contributed by atoms with E-state index in [1.165, 1.54) is 0 Å². The molecule has 1 atom stereocenters. The maximum absolute atomic E-state index is 12.2. The molecule has 3 N–H and O–H groups in total. The molecule has 2 fully saturated rings. The predicted octanol–water partition coefficient (Wildman–Crippen LogP) is 0.506. The van der Waals surface area contributed by atoms with Gasteiger partial charge in [0.15, 0.2) is 0 Å². The van der Waals surface area contributed by atoms with Crippen molar-refractivity contribution >= 4 is 17.5 Å². The van der Waals surface area contributed by atoms with E-state index in [1.54, 1.807) is 24.3 Å². The summed E-state index contributed by atoms with van der Waals surface area (Å²) in [7, 11) is 0. The SMILES string of the molecule is O=C(NC1CC1)c1ccccc1NC(=O)C1CNCCO1. The standard InChI is InChI=1S/C15H19N3O3/c19-14(17-10-5-6-10)11-3-1-2-4-12(11)18-15(20)13-9-16-7-8-21-13/h1-4,10,13,16H,5-9H2,(H,17,19)(H,18,20). The molecule has 3 rings (SSSR count). The number of anilines is 1. The number of para-hydroxylation sites is 1. The average molecular weight is 289 g/mol. The van der Waals surface area contributed by atoms with E-state index in [4.69, 9.17) is 4.74 Å². The molecule has 1 saturated carbocycles. The Morgan fingerprint density at radius 2 is 2.05 bits per heavy atom. The Kier molecular flexibility index (Phi) is 4.17. The zero-order chi connectivity index (χ0) is 14.7. The molecule has 0 radical (unpaired) electrons. The van der Waals surface area contributed by atoms with Gasteiger partial charge >= 0.3 is 0 Å². The van der Waals surface area contributed by atoms with Crippen LogP contribution in [0.4, 0.5) is 5.69 Å². The van der Waals surface area contributed by atoms with Crippen LogP contribution in [0.25, 0.3) is 0 Å². The van der Waals surface area contributed by atoms with Crippen molar-refractivity contribution in [2.24, 2.45) is 0 Å². The second-order valence-corrected chi connectivity index (χ2v) is 5.35. The van der Waals surface area contributed by atoms with E-state index < -0.39 is 6.10 Å². The molecule has 2 amide bonds. The maximum atomic E-state index is 12.2. The summed E-state index contributed by atoms with van der Waals surface area (Å²) in [6.07, 6.45) is 1.54. The highest BCUT2D eigenvalue weighted by Gasteiger charge is 2.26. The summed E-state index contributed by atoms with van der Waals surface area (Å²) in [5.74, 6) is -0.370. The second-order valence-electron chi connectivity index (χ2n) is 5.35. The smallest absolute Gasteiger partial charge is 0.254 e. The van der Waals surface area contributed by atoms with Gasteiger partial charge in [-0.2, -0.15) is 0 Å². The summed E-state index contributed by atoms with van der Waals surface area (Å²) < 4.78 is 5.41. The number of carbonyl (C=O) groups is 2. The highest BCUT2D eigenvalue weighted by Crippen LogP contribution is 2.21. The first kappa shape index (κ1) is 14.0. The maximum Gasteiger partial charge on any atom is 0.254 e. The van der Waals surface area contributed by atoms with Gasteiger partial charge in [0.2, 0.25) is 0 Å². The van der Waals surface area contributed by atoms with Crippen LogP contribution >= 0.6 is 0 Å². The molecule has 0 bridgehead atoms. The molecule has 21 heavy (non-hydrogen) atoms. The molecule has 1 aromatic carbocycles. The lowest BCUT2D eigenvalue weighted by Gasteiger charge is -2.23. The van der Waals surface area contributed by atoms with E-state index >= 15 is 0 Å². The molecule has 1 aliphatic carbocycles. The number of nitrogens with one attached hydrogen (secondary N) is 3. The van der Waals surface area contributed by atoms with Crippen LogP contribution in [0.5, 0.6) is 0 Å². The fraction of sp³-hybridized carbons (Fsp3) is 0.467. The number of carbonyl (C=O) groups excluding carboxylic acids is 2. The van der Waals surface area contributed by atoms with Crippen molar-refractivity contribution in [2.75, 3.05) is 25.0 Å². The van der Waals surface area contributed by atoms with Crippen LogP contribution in [-0.4, -0.2) is 43.7 Å². The summed E-state index contributed by atoms with van der Waals surface area (Å²) in [4.78, 5) is 24.3. The van der Waals surface area contributed by atoms with Gasteiger partial charge in [-0.15, -0.1) is 0 Å². The van der Waals surface area contributed by atoms with Gasteiger partial charge in [0.05, 0.1) is 17.9 Å². The van der Waals surface area contributed by atoms with E-state index in [9.17, 15) is 9.59 Å². The molecule has 112 valence electrons. The van der Waals surface area contributed by atoms with E-state index in [0.717, 1.165) is 19.4 Å². The van der Waals surface area contributed by atoms with Crippen LogP contribution in [0.2, 0.25) is 0 Å². The van der Waals surface area contributed by atoms with Crippen LogP contribution < -0.4 is 16.0 Å². The van der Waals surface area contributed by atoms with Crippen LogP contribution in [0.3, 0.4) is 0 Å². The summed E-state index contributed by atoms with van der Waals surface area (Å²) in [5.41, 5.74) is 1.01. The van der Waals surface area contributed by atoms with Gasteiger partial charge in [-0.05, 0) is 25.0 Å². The van der Waals surface area contributed by atoms with Gasteiger partial charge in [-0.25, -0.2) is 0 Å². The largest absolute Gasteiger partial charge is 0.366 e. The normalized spacial score (nSPS) is 21.6. The van der Waals surface area contributed by atoms with Crippen molar-refractivity contribution in [3.05, 3.63) is 29.8 Å². The fourth-order valence-corrected chi connectivity index (χ4v) is 2.23. The molecule has 2 aliphatic rings. The summed E-state index contributed by atoms with van der Waals surface area (Å²) >= 11 is 0. The molecule has 1 aliphatic heterocycles. The Bertz CT molecular complexity index is 537. The quantitative estimate of drug-likeness (QED) is 0.754. The van der Waals surface area contributed by atoms with E-state index in [1.807, 2.05) is 0 Å². The van der Waals surface area contributed by atoms with Crippen molar-refractivity contribution in [2.45, 2.75) is 25.0 Å². The highest BCUT2D eigenvalue weighted by atomic mass is 16.5. The molecule has 6 heteroatoms. The topological polar surface area (TPSA) is 79.5 Å². The minimum absolute atomic E-state index is 0.143. The number of morpholine rings is 1. The lowest BCUT2D eigenvalue weighted by Crippen LogP contribution is -2.45. The molecule has 0 spiro atoms. The molecule has 6 nitrogen and oxygen atoms in total. The Balaban J connectivity index is 1.68. The zero-order valence-electron chi connectivity index (χ0n) is 11.7. The summed E-state index contributed by atoms with van der Waals surface area (Å²) in [5, 5.41) is 8.83. The molecule has 0 aromatic heterocycles. The lowest BCUT2D eigenvalue weighted by atomic mass is 10.1. The number of hydrogen-bond acceptors (Lipinski definition) is 4. The number of hydrogen-bond donors (Lipinski definition) is 3. The van der Waals surface area contributed by atoms with Crippen molar-refractivity contribution in [1.29, 1.82) is 0 Å². The van der Waals surface area contributed by atoms with Gasteiger partial charge in [-0.3, -0.25) is 9.59 Å². The Morgan fingerprint density at radius 1 is 1.24 bits per heavy atom. The molecular formula is C15H19N3O3. The first-order chi connectivity index (χ1) is 10.2. The van der Waals surface area contributed by atoms with Gasteiger partial charge < -0.3 is 20.7 Å². The highest BCUT2D eigenvalue weighted by molar-refractivity contribution is 6.04. The zero-order valence-corrected chi connectivity index (χ0v) is 11.7. The van der Waals surface area contributed by atoms with Crippen molar-refractivity contribution in [1.82, 2.24) is 10.6 Å². The van der Waals surface area contributed by atoms with Gasteiger partial charge in [0.25, 0.3) is 11.8 Å². The monoisotopic (exact) mass is 289 g/mol. The third kappa shape index (κ3) is 3.59. The van der Waals surface area contributed by atoms with Crippen molar-refractivity contribution in [3.63, 3.8) is 0 Å². The fourth-order valence-electron chi connectivity index (χ4n) is 2.23. The van der Waals surface area contributed by atoms with Crippen LogP contribution in [-0.2, 0) is 9.53 Å². The Labute approximate surface area is 123 Å². The third-order valence-electron chi connectivity index (χ3n) is 3.56. The van der Waals surface area contributed by atoms with Crippen LogP contribution in [0, 0.1) is 0 Å². The van der Waals surface area contributed by atoms with Gasteiger partial charge in [-0.1, -0.05) is 12.1 Å². The average Bonchev–Trinajstić information content (AvgIpc) is 3.32. The van der Waals surface area contributed by atoms with E-state index in [2.05, 4.69) is 16.0 Å². The van der Waals surface area contributed by atoms with Crippen molar-refractivity contribution in [3.8, 4) is 0 Å². The summed E-state index contributed by atoms with van der Waals surface area (Å²) in [6.45, 7) is 1.76. The second kappa shape index (κ2) is 6.24. The molecule has 1 aromatic rings. The first-order valence-electron chi connectivity index (χ1n) is 7.27. The number of rotatable bonds is 4. The van der Waals surface area contributed by atoms with Gasteiger partial charge in [0, 0.05) is 19.1 Å². The van der Waals surface area contributed by atoms with E-state index in [-0.39, 0.29) is 17.9 Å². The Morgan fingerprint density at radius 3 is 2.76 bits per heavy atom. The summed E-state index contributed by atoms with van der Waals surface area (Å²) in [6, 6.07) is 7.32. The molecule has 1 unspecified atom stereocenters. The van der Waals surface area contributed by atoms with Crippen LogP contribution in [0.15, 0.2) is 24.3 Å².